The number of anilines is 1. The zero-order chi connectivity index (χ0) is 21.9. The first-order chi connectivity index (χ1) is 15.7. The number of fused-ring (bicyclic) bond motifs is 1. The highest BCUT2D eigenvalue weighted by Gasteiger charge is 2.15. The Hall–Kier alpha value is -3.43. The summed E-state index contributed by atoms with van der Waals surface area (Å²) in [6, 6.07) is 15.1. The van der Waals surface area contributed by atoms with Crippen LogP contribution in [-0.4, -0.2) is 55.2 Å². The minimum Gasteiger partial charge on any atom is -0.320 e. The molecule has 162 valence electrons. The molecule has 5 rings (SSSR count). The van der Waals surface area contributed by atoms with Crippen molar-refractivity contribution >= 4 is 34.4 Å². The molecule has 0 aliphatic carbocycles. The maximum atomic E-state index is 12.9. The summed E-state index contributed by atoms with van der Waals surface area (Å²) in [6.07, 6.45) is 2.81. The van der Waals surface area contributed by atoms with Gasteiger partial charge < -0.3 is 10.3 Å². The van der Waals surface area contributed by atoms with Crippen LogP contribution in [0.1, 0.15) is 15.9 Å². The molecule has 0 bridgehead atoms. The monoisotopic (exact) mass is 446 g/mol. The maximum absolute atomic E-state index is 12.9. The van der Waals surface area contributed by atoms with Gasteiger partial charge >= 0.3 is 0 Å². The second-order valence-corrected chi connectivity index (χ2v) is 8.81. The van der Waals surface area contributed by atoms with Crippen molar-refractivity contribution < 1.29 is 4.79 Å². The first-order valence-corrected chi connectivity index (χ1v) is 11.6. The van der Waals surface area contributed by atoms with Crippen LogP contribution in [0.15, 0.2) is 65.8 Å². The van der Waals surface area contributed by atoms with Gasteiger partial charge in [-0.15, -0.1) is 0 Å². The van der Waals surface area contributed by atoms with Crippen molar-refractivity contribution in [1.82, 2.24) is 24.6 Å². The van der Waals surface area contributed by atoms with Crippen LogP contribution >= 0.6 is 11.8 Å². The number of para-hydroxylation sites is 2. The Morgan fingerprint density at radius 2 is 1.88 bits per heavy atom. The number of benzene rings is 2. The van der Waals surface area contributed by atoms with Crippen LogP contribution in [0.2, 0.25) is 0 Å². The Balaban J connectivity index is 1.36. The number of nitrogens with zero attached hydrogens (tertiary/aromatic N) is 4. The van der Waals surface area contributed by atoms with Crippen molar-refractivity contribution in [2.75, 3.05) is 29.9 Å². The lowest BCUT2D eigenvalue weighted by molar-refractivity contribution is 0.102. The van der Waals surface area contributed by atoms with Gasteiger partial charge in [0.15, 0.2) is 5.65 Å². The lowest BCUT2D eigenvalue weighted by atomic mass is 10.1. The van der Waals surface area contributed by atoms with Gasteiger partial charge in [0, 0.05) is 36.7 Å². The second-order valence-electron chi connectivity index (χ2n) is 7.58. The van der Waals surface area contributed by atoms with E-state index >= 15 is 0 Å². The lowest BCUT2D eigenvalue weighted by Gasteiger charge is -2.26. The number of carbonyl (C=O) groups excluding carboxylic acids is 1. The minimum absolute atomic E-state index is 0.208. The summed E-state index contributed by atoms with van der Waals surface area (Å²) < 4.78 is 1.56. The van der Waals surface area contributed by atoms with Crippen LogP contribution in [0.4, 0.5) is 5.69 Å². The van der Waals surface area contributed by atoms with E-state index in [2.05, 4.69) is 25.3 Å². The van der Waals surface area contributed by atoms with Crippen LogP contribution in [0, 0.1) is 0 Å². The summed E-state index contributed by atoms with van der Waals surface area (Å²) in [7, 11) is 0. The predicted octanol–water partition coefficient (Wildman–Crippen LogP) is 2.91. The average Bonchev–Trinajstić information content (AvgIpc) is 3.26. The van der Waals surface area contributed by atoms with Crippen molar-refractivity contribution in [2.24, 2.45) is 0 Å². The first-order valence-electron chi connectivity index (χ1n) is 10.4. The topological polar surface area (TPSA) is 95.9 Å². The zero-order valence-electron chi connectivity index (χ0n) is 17.3. The van der Waals surface area contributed by atoms with Crippen molar-refractivity contribution in [3.05, 3.63) is 82.5 Å². The van der Waals surface area contributed by atoms with Crippen LogP contribution in [-0.2, 0) is 6.54 Å². The highest BCUT2D eigenvalue weighted by atomic mass is 32.2. The molecule has 1 aliphatic heterocycles. The number of carbonyl (C=O) groups is 1. The van der Waals surface area contributed by atoms with Crippen molar-refractivity contribution in [1.29, 1.82) is 0 Å². The predicted molar refractivity (Wildman–Crippen MR) is 126 cm³/mol. The number of rotatable bonds is 5. The lowest BCUT2D eigenvalue weighted by Crippen LogP contribution is -2.31. The van der Waals surface area contributed by atoms with E-state index in [1.54, 1.807) is 10.7 Å². The molecule has 9 heteroatoms. The van der Waals surface area contributed by atoms with E-state index in [0.717, 1.165) is 19.6 Å². The number of nitrogens with one attached hydrogen (secondary N) is 2. The standard InChI is InChI=1S/C23H22N6O2S/c30-22(17-7-5-16(6-8-17)14-28-9-11-32-12-10-28)27-19-3-1-2-4-20(19)29-21-18(13-26-29)23(31)25-15-24-21/h1-8,13,15H,9-12,14H2,(H,27,30)(H,24,25,31). The molecule has 1 saturated heterocycles. The number of aromatic nitrogens is 4. The summed E-state index contributed by atoms with van der Waals surface area (Å²) in [5, 5.41) is 7.67. The third-order valence-corrected chi connectivity index (χ3v) is 6.42. The summed E-state index contributed by atoms with van der Waals surface area (Å²) in [5.41, 5.74) is 3.17. The zero-order valence-corrected chi connectivity index (χ0v) is 18.1. The summed E-state index contributed by atoms with van der Waals surface area (Å²) in [4.78, 5) is 34.2. The number of H-pyrrole nitrogens is 1. The number of aromatic amines is 1. The van der Waals surface area contributed by atoms with Crippen LogP contribution in [0.5, 0.6) is 0 Å². The Labute approximate surface area is 188 Å². The molecular weight excluding hydrogens is 424 g/mol. The molecule has 1 amide bonds. The molecule has 1 fully saturated rings. The van der Waals surface area contributed by atoms with E-state index in [1.165, 1.54) is 29.6 Å². The van der Waals surface area contributed by atoms with E-state index in [4.69, 9.17) is 0 Å². The maximum Gasteiger partial charge on any atom is 0.261 e. The number of amides is 1. The fraction of sp³-hybridized carbons (Fsp3) is 0.217. The molecule has 0 radical (unpaired) electrons. The molecule has 8 nitrogen and oxygen atoms in total. The Kier molecular flexibility index (Phi) is 5.74. The quantitative estimate of drug-likeness (QED) is 0.489. The Morgan fingerprint density at radius 3 is 2.69 bits per heavy atom. The largest absolute Gasteiger partial charge is 0.320 e. The minimum atomic E-state index is -0.258. The summed E-state index contributed by atoms with van der Waals surface area (Å²) in [6.45, 7) is 3.11. The second kappa shape index (κ2) is 8.97. The van der Waals surface area contributed by atoms with E-state index in [-0.39, 0.29) is 11.5 Å². The van der Waals surface area contributed by atoms with Crippen molar-refractivity contribution in [3.8, 4) is 5.69 Å². The van der Waals surface area contributed by atoms with E-state index in [9.17, 15) is 9.59 Å². The Bertz CT molecular complexity index is 1310. The summed E-state index contributed by atoms with van der Waals surface area (Å²) >= 11 is 2.00. The molecule has 0 spiro atoms. The molecule has 2 aromatic carbocycles. The molecule has 2 N–H and O–H groups in total. The van der Waals surface area contributed by atoms with Crippen LogP contribution in [0.25, 0.3) is 16.7 Å². The smallest absolute Gasteiger partial charge is 0.261 e. The SMILES string of the molecule is O=C(Nc1ccccc1-n1ncc2c(=O)[nH]cnc21)c1ccc(CN2CCSCC2)cc1. The van der Waals surface area contributed by atoms with Gasteiger partial charge in [-0.1, -0.05) is 24.3 Å². The molecule has 2 aromatic heterocycles. The van der Waals surface area contributed by atoms with Crippen LogP contribution < -0.4 is 10.9 Å². The normalized spacial score (nSPS) is 14.5. The molecule has 1 aliphatic rings. The fourth-order valence-electron chi connectivity index (χ4n) is 3.77. The molecular formula is C23H22N6O2S. The molecule has 0 saturated carbocycles. The number of hydrogen-bond donors (Lipinski definition) is 2. The van der Waals surface area contributed by atoms with Gasteiger partial charge in [0.2, 0.25) is 0 Å². The van der Waals surface area contributed by atoms with E-state index in [1.807, 2.05) is 54.2 Å². The van der Waals surface area contributed by atoms with Crippen molar-refractivity contribution in [3.63, 3.8) is 0 Å². The number of hydrogen-bond acceptors (Lipinski definition) is 6. The molecule has 4 aromatic rings. The van der Waals surface area contributed by atoms with Gasteiger partial charge in [-0.3, -0.25) is 14.5 Å². The van der Waals surface area contributed by atoms with Gasteiger partial charge in [0.25, 0.3) is 11.5 Å². The molecule has 0 atom stereocenters. The number of thioether (sulfide) groups is 1. The van der Waals surface area contributed by atoms with Gasteiger partial charge in [0.05, 0.1) is 23.9 Å². The third kappa shape index (κ3) is 4.17. The molecule has 0 unspecified atom stereocenters. The molecule has 32 heavy (non-hydrogen) atoms. The van der Waals surface area contributed by atoms with E-state index < -0.39 is 0 Å². The van der Waals surface area contributed by atoms with Gasteiger partial charge in [-0.25, -0.2) is 9.67 Å². The van der Waals surface area contributed by atoms with Gasteiger partial charge in [0.1, 0.15) is 5.39 Å². The highest BCUT2D eigenvalue weighted by Crippen LogP contribution is 2.23. The highest BCUT2D eigenvalue weighted by molar-refractivity contribution is 7.99. The van der Waals surface area contributed by atoms with E-state index in [0.29, 0.717) is 28.0 Å². The third-order valence-electron chi connectivity index (χ3n) is 5.48. The fourth-order valence-corrected chi connectivity index (χ4v) is 4.75. The average molecular weight is 447 g/mol. The Morgan fingerprint density at radius 1 is 1.09 bits per heavy atom. The molecule has 3 heterocycles. The van der Waals surface area contributed by atoms with Gasteiger partial charge in [-0.2, -0.15) is 16.9 Å². The van der Waals surface area contributed by atoms with Crippen LogP contribution in [0.3, 0.4) is 0 Å². The van der Waals surface area contributed by atoms with Gasteiger partial charge in [-0.05, 0) is 29.8 Å². The first kappa shape index (κ1) is 20.5. The summed E-state index contributed by atoms with van der Waals surface area (Å²) in [5.74, 6) is 2.14. The van der Waals surface area contributed by atoms with Crippen molar-refractivity contribution in [2.45, 2.75) is 6.54 Å².